The largest absolute Gasteiger partial charge is 0.524 e. The number of rotatable bonds is 9. The van der Waals surface area contributed by atoms with Gasteiger partial charge in [-0.25, -0.2) is 9.36 Å². The van der Waals surface area contributed by atoms with Gasteiger partial charge < -0.3 is 26.0 Å². The van der Waals surface area contributed by atoms with Gasteiger partial charge in [0.1, 0.15) is 18.4 Å². The molecule has 7 N–H and O–H groups in total. The molecule has 164 valence electrons. The second kappa shape index (κ2) is 13.3. The van der Waals surface area contributed by atoms with E-state index in [0.717, 1.165) is 5.56 Å². The summed E-state index contributed by atoms with van der Waals surface area (Å²) in [6.07, 6.45) is 1.01. The maximum atomic E-state index is 11.6. The van der Waals surface area contributed by atoms with Crippen molar-refractivity contribution < 1.29 is 33.2 Å². The van der Waals surface area contributed by atoms with Crippen molar-refractivity contribution >= 4 is 19.8 Å². The van der Waals surface area contributed by atoms with Gasteiger partial charge in [0, 0.05) is 6.54 Å². The summed E-state index contributed by atoms with van der Waals surface area (Å²) in [6.45, 7) is 0.613. The predicted octanol–water partition coefficient (Wildman–Crippen LogP) is 1.66. The highest BCUT2D eigenvalue weighted by Crippen LogP contribution is 2.36. The van der Waals surface area contributed by atoms with Gasteiger partial charge in [-0.2, -0.15) is 0 Å². The van der Waals surface area contributed by atoms with Gasteiger partial charge in [0.15, 0.2) is 0 Å². The van der Waals surface area contributed by atoms with Gasteiger partial charge in [0.25, 0.3) is 0 Å². The van der Waals surface area contributed by atoms with Gasteiger partial charge in [-0.1, -0.05) is 48.5 Å². The number of carbonyl (C=O) groups is 2. The Balaban J connectivity index is 0.000000346. The molecular formula is C19H26N3O7P. The lowest BCUT2D eigenvalue weighted by Gasteiger charge is -2.11. The van der Waals surface area contributed by atoms with Gasteiger partial charge in [0.2, 0.25) is 0 Å². The SMILES string of the molecule is NC(=O)NCCC[C@H](N)C(=O)OCc1ccccc1.O=P(O)(O)Oc1ccccc1. The van der Waals surface area contributed by atoms with E-state index in [1.165, 1.54) is 12.1 Å². The van der Waals surface area contributed by atoms with Gasteiger partial charge in [-0.3, -0.25) is 14.6 Å². The first kappa shape index (κ1) is 25.1. The van der Waals surface area contributed by atoms with Crippen molar-refractivity contribution in [3.8, 4) is 5.75 Å². The topological polar surface area (TPSA) is 174 Å². The van der Waals surface area contributed by atoms with E-state index in [-0.39, 0.29) is 12.4 Å². The molecular weight excluding hydrogens is 413 g/mol. The van der Waals surface area contributed by atoms with Crippen molar-refractivity contribution in [3.63, 3.8) is 0 Å². The Labute approximate surface area is 174 Å². The van der Waals surface area contributed by atoms with Crippen molar-refractivity contribution in [2.75, 3.05) is 6.54 Å². The number of urea groups is 1. The zero-order chi connectivity index (χ0) is 22.4. The molecule has 0 radical (unpaired) electrons. The molecule has 0 aliphatic rings. The Hall–Kier alpha value is -2.91. The van der Waals surface area contributed by atoms with E-state index < -0.39 is 25.9 Å². The number of hydrogen-bond donors (Lipinski definition) is 5. The number of para-hydroxylation sites is 1. The number of phosphoric ester groups is 1. The summed E-state index contributed by atoms with van der Waals surface area (Å²) in [5, 5.41) is 2.43. The molecule has 0 spiro atoms. The molecule has 0 aromatic heterocycles. The predicted molar refractivity (Wildman–Crippen MR) is 110 cm³/mol. The summed E-state index contributed by atoms with van der Waals surface area (Å²) in [5.41, 5.74) is 11.5. The minimum absolute atomic E-state index is 0.167. The van der Waals surface area contributed by atoms with Crippen molar-refractivity contribution in [2.45, 2.75) is 25.5 Å². The first-order valence-corrected chi connectivity index (χ1v) is 10.5. The molecule has 1 atom stereocenters. The number of hydrogen-bond acceptors (Lipinski definition) is 6. The van der Waals surface area contributed by atoms with Crippen molar-refractivity contribution in [2.24, 2.45) is 11.5 Å². The maximum absolute atomic E-state index is 11.6. The molecule has 30 heavy (non-hydrogen) atoms. The number of ether oxygens (including phenoxy) is 1. The fourth-order valence-electron chi connectivity index (χ4n) is 2.11. The summed E-state index contributed by atoms with van der Waals surface area (Å²) < 4.78 is 19.6. The number of phosphoric acid groups is 1. The minimum atomic E-state index is -4.39. The molecule has 0 heterocycles. The van der Waals surface area contributed by atoms with Crippen LogP contribution in [0.1, 0.15) is 18.4 Å². The fraction of sp³-hybridized carbons (Fsp3) is 0.263. The molecule has 0 aliphatic heterocycles. The summed E-state index contributed by atoms with van der Waals surface area (Å²) in [7, 11) is -4.39. The normalized spacial score (nSPS) is 11.4. The zero-order valence-corrected chi connectivity index (χ0v) is 17.1. The summed E-state index contributed by atoms with van der Waals surface area (Å²) in [6, 6.07) is 16.0. The first-order valence-electron chi connectivity index (χ1n) is 8.97. The minimum Gasteiger partial charge on any atom is -0.460 e. The van der Waals surface area contributed by atoms with Crippen molar-refractivity contribution in [1.82, 2.24) is 5.32 Å². The molecule has 2 aromatic rings. The Morgan fingerprint density at radius 2 is 1.60 bits per heavy atom. The second-order valence-electron chi connectivity index (χ2n) is 6.03. The molecule has 0 bridgehead atoms. The van der Waals surface area contributed by atoms with Crippen LogP contribution in [0.2, 0.25) is 0 Å². The number of amides is 2. The number of nitrogens with two attached hydrogens (primary N) is 2. The number of benzene rings is 2. The Morgan fingerprint density at radius 1 is 1.03 bits per heavy atom. The van der Waals surface area contributed by atoms with Crippen LogP contribution in [0, 0.1) is 0 Å². The monoisotopic (exact) mass is 439 g/mol. The molecule has 2 amide bonds. The average molecular weight is 439 g/mol. The quantitative estimate of drug-likeness (QED) is 0.223. The van der Waals surface area contributed by atoms with Crippen molar-refractivity contribution in [3.05, 3.63) is 66.2 Å². The van der Waals surface area contributed by atoms with E-state index in [2.05, 4.69) is 9.84 Å². The van der Waals surface area contributed by atoms with Crippen LogP contribution in [0.25, 0.3) is 0 Å². The van der Waals surface area contributed by atoms with E-state index in [0.29, 0.717) is 19.4 Å². The third kappa shape index (κ3) is 12.5. The average Bonchev–Trinajstić information content (AvgIpc) is 2.70. The third-order valence-electron chi connectivity index (χ3n) is 3.49. The number of primary amides is 1. The van der Waals surface area contributed by atoms with Gasteiger partial charge in [-0.05, 0) is 30.5 Å². The molecule has 0 aliphatic carbocycles. The van der Waals surface area contributed by atoms with Crippen LogP contribution in [0.3, 0.4) is 0 Å². The molecule has 2 rings (SSSR count). The first-order chi connectivity index (χ1) is 14.2. The second-order valence-corrected chi connectivity index (χ2v) is 7.19. The van der Waals surface area contributed by atoms with E-state index in [4.69, 9.17) is 26.0 Å². The number of esters is 1. The van der Waals surface area contributed by atoms with Crippen LogP contribution in [0.15, 0.2) is 60.7 Å². The Kier molecular flexibility index (Phi) is 11.2. The van der Waals surface area contributed by atoms with Crippen LogP contribution < -0.4 is 21.3 Å². The molecule has 0 saturated carbocycles. The standard InChI is InChI=1S/C13H19N3O3.C6H7O4P/c14-11(7-4-8-16-13(15)18)12(17)19-9-10-5-2-1-3-6-10;7-11(8,9)10-6-4-2-1-3-5-6/h1-3,5-6,11H,4,7-9,14H2,(H3,15,16,18);1-5H,(H2,7,8,9)/t11-;/m0./s1. The van der Waals surface area contributed by atoms with E-state index >= 15 is 0 Å². The molecule has 10 nitrogen and oxygen atoms in total. The third-order valence-corrected chi connectivity index (χ3v) is 3.93. The molecule has 2 aromatic carbocycles. The van der Waals surface area contributed by atoms with Gasteiger partial charge in [-0.15, -0.1) is 0 Å². The molecule has 0 saturated heterocycles. The zero-order valence-electron chi connectivity index (χ0n) is 16.2. The summed E-state index contributed by atoms with van der Waals surface area (Å²) >= 11 is 0. The highest BCUT2D eigenvalue weighted by molar-refractivity contribution is 7.46. The maximum Gasteiger partial charge on any atom is 0.524 e. The van der Waals surface area contributed by atoms with Gasteiger partial charge in [0.05, 0.1) is 0 Å². The Morgan fingerprint density at radius 3 is 2.13 bits per heavy atom. The van der Waals surface area contributed by atoms with Gasteiger partial charge >= 0.3 is 19.8 Å². The number of nitrogens with one attached hydrogen (secondary N) is 1. The lowest BCUT2D eigenvalue weighted by Crippen LogP contribution is -2.34. The number of carbonyl (C=O) groups excluding carboxylic acids is 2. The molecule has 0 fully saturated rings. The highest BCUT2D eigenvalue weighted by atomic mass is 31.2. The van der Waals surface area contributed by atoms with Crippen LogP contribution >= 0.6 is 7.82 Å². The summed E-state index contributed by atoms with van der Waals surface area (Å²) in [4.78, 5) is 38.7. The van der Waals surface area contributed by atoms with E-state index in [1.807, 2.05) is 30.3 Å². The van der Waals surface area contributed by atoms with E-state index in [9.17, 15) is 14.2 Å². The van der Waals surface area contributed by atoms with Crippen LogP contribution in [-0.4, -0.2) is 34.4 Å². The van der Waals surface area contributed by atoms with Crippen LogP contribution in [0.5, 0.6) is 5.75 Å². The lowest BCUT2D eigenvalue weighted by atomic mass is 10.1. The highest BCUT2D eigenvalue weighted by Gasteiger charge is 2.15. The molecule has 11 heteroatoms. The van der Waals surface area contributed by atoms with E-state index in [1.54, 1.807) is 18.2 Å². The smallest absolute Gasteiger partial charge is 0.460 e. The fourth-order valence-corrected chi connectivity index (χ4v) is 2.50. The van der Waals surface area contributed by atoms with Crippen molar-refractivity contribution in [1.29, 1.82) is 0 Å². The van der Waals surface area contributed by atoms with Crippen LogP contribution in [0.4, 0.5) is 4.79 Å². The Bertz CT molecular complexity index is 815. The summed E-state index contributed by atoms with van der Waals surface area (Å²) in [5.74, 6) is -0.274. The van der Waals surface area contributed by atoms with Crippen LogP contribution in [-0.2, 0) is 20.7 Å². The lowest BCUT2D eigenvalue weighted by molar-refractivity contribution is -0.146. The molecule has 0 unspecified atom stereocenters.